The van der Waals surface area contributed by atoms with Crippen LogP contribution < -0.4 is 15.4 Å². The Bertz CT molecular complexity index is 701. The number of carbonyl (C=O) groups excluding carboxylic acids is 1. The van der Waals surface area contributed by atoms with Crippen molar-refractivity contribution in [2.75, 3.05) is 18.5 Å². The van der Waals surface area contributed by atoms with Crippen LogP contribution in [0.5, 0.6) is 5.75 Å². The summed E-state index contributed by atoms with van der Waals surface area (Å²) >= 11 is 0. The van der Waals surface area contributed by atoms with Gasteiger partial charge in [0.1, 0.15) is 18.5 Å². The van der Waals surface area contributed by atoms with Gasteiger partial charge in [-0.3, -0.25) is 0 Å². The standard InChI is InChI=1S/C19H24N2O3/c1-13-6-4-8-17(10-13)24-12-16(22)11-20-19(23)21-18-9-5-7-14(2)15(18)3/h4-10,16,22H,11-12H2,1-3H3,(H2,20,21,23). The van der Waals surface area contributed by atoms with E-state index in [0.29, 0.717) is 5.75 Å². The highest BCUT2D eigenvalue weighted by molar-refractivity contribution is 5.90. The second-order valence-electron chi connectivity index (χ2n) is 5.86. The number of hydrogen-bond acceptors (Lipinski definition) is 3. The predicted molar refractivity (Wildman–Crippen MR) is 95.6 cm³/mol. The highest BCUT2D eigenvalue weighted by Crippen LogP contribution is 2.17. The summed E-state index contributed by atoms with van der Waals surface area (Å²) in [6.07, 6.45) is -0.783. The van der Waals surface area contributed by atoms with Gasteiger partial charge in [0.15, 0.2) is 0 Å². The van der Waals surface area contributed by atoms with E-state index < -0.39 is 6.10 Å². The Balaban J connectivity index is 1.76. The third kappa shape index (κ3) is 5.28. The van der Waals surface area contributed by atoms with Gasteiger partial charge in [-0.05, 0) is 55.7 Å². The van der Waals surface area contributed by atoms with E-state index in [-0.39, 0.29) is 19.2 Å². The zero-order chi connectivity index (χ0) is 17.5. The average molecular weight is 328 g/mol. The fourth-order valence-corrected chi connectivity index (χ4v) is 2.22. The van der Waals surface area contributed by atoms with Crippen LogP contribution in [-0.2, 0) is 0 Å². The molecule has 0 fully saturated rings. The van der Waals surface area contributed by atoms with Gasteiger partial charge in [-0.25, -0.2) is 4.79 Å². The van der Waals surface area contributed by atoms with Crippen molar-refractivity contribution in [2.24, 2.45) is 0 Å². The van der Waals surface area contributed by atoms with Gasteiger partial charge in [0.25, 0.3) is 0 Å². The van der Waals surface area contributed by atoms with Crippen LogP contribution in [0.3, 0.4) is 0 Å². The molecule has 2 aromatic rings. The summed E-state index contributed by atoms with van der Waals surface area (Å²) in [6.45, 7) is 6.15. The number of rotatable bonds is 6. The number of ether oxygens (including phenoxy) is 1. The van der Waals surface area contributed by atoms with E-state index in [1.165, 1.54) is 0 Å². The number of carbonyl (C=O) groups is 1. The van der Waals surface area contributed by atoms with Crippen molar-refractivity contribution in [3.05, 3.63) is 59.2 Å². The minimum absolute atomic E-state index is 0.114. The number of aliphatic hydroxyl groups excluding tert-OH is 1. The van der Waals surface area contributed by atoms with Crippen molar-refractivity contribution < 1.29 is 14.6 Å². The zero-order valence-electron chi connectivity index (χ0n) is 14.3. The first-order chi connectivity index (χ1) is 11.5. The van der Waals surface area contributed by atoms with Crippen LogP contribution in [0.25, 0.3) is 0 Å². The van der Waals surface area contributed by atoms with Crippen molar-refractivity contribution in [2.45, 2.75) is 26.9 Å². The molecular weight excluding hydrogens is 304 g/mol. The molecule has 24 heavy (non-hydrogen) atoms. The first-order valence-electron chi connectivity index (χ1n) is 7.94. The largest absolute Gasteiger partial charge is 0.491 e. The summed E-state index contributed by atoms with van der Waals surface area (Å²) in [5, 5.41) is 15.4. The van der Waals surface area contributed by atoms with E-state index in [9.17, 15) is 9.90 Å². The fourth-order valence-electron chi connectivity index (χ4n) is 2.22. The van der Waals surface area contributed by atoms with E-state index in [0.717, 1.165) is 22.4 Å². The van der Waals surface area contributed by atoms with Gasteiger partial charge in [-0.2, -0.15) is 0 Å². The number of aryl methyl sites for hydroxylation is 2. The number of nitrogens with one attached hydrogen (secondary N) is 2. The Kier molecular flexibility index (Phi) is 6.21. The number of anilines is 1. The Morgan fingerprint density at radius 2 is 1.92 bits per heavy atom. The first kappa shape index (κ1) is 17.8. The van der Waals surface area contributed by atoms with Crippen molar-refractivity contribution in [3.63, 3.8) is 0 Å². The summed E-state index contributed by atoms with van der Waals surface area (Å²) in [7, 11) is 0. The third-order valence-corrected chi connectivity index (χ3v) is 3.78. The molecule has 128 valence electrons. The lowest BCUT2D eigenvalue weighted by atomic mass is 10.1. The molecule has 0 aromatic heterocycles. The summed E-state index contributed by atoms with van der Waals surface area (Å²) in [4.78, 5) is 11.9. The molecule has 0 bridgehead atoms. The fraction of sp³-hybridized carbons (Fsp3) is 0.316. The van der Waals surface area contributed by atoms with Gasteiger partial charge in [0, 0.05) is 12.2 Å². The number of urea groups is 1. The summed E-state index contributed by atoms with van der Waals surface area (Å²) in [5.74, 6) is 0.703. The summed E-state index contributed by atoms with van der Waals surface area (Å²) < 4.78 is 5.51. The molecule has 5 nitrogen and oxygen atoms in total. The van der Waals surface area contributed by atoms with Crippen molar-refractivity contribution in [1.82, 2.24) is 5.32 Å². The normalized spacial score (nSPS) is 11.7. The number of hydrogen-bond donors (Lipinski definition) is 3. The van der Waals surface area contributed by atoms with Gasteiger partial charge < -0.3 is 20.5 Å². The molecule has 0 heterocycles. The Morgan fingerprint density at radius 3 is 2.67 bits per heavy atom. The van der Waals surface area contributed by atoms with Crippen molar-refractivity contribution >= 4 is 11.7 Å². The van der Waals surface area contributed by atoms with Gasteiger partial charge in [0.2, 0.25) is 0 Å². The van der Waals surface area contributed by atoms with Gasteiger partial charge in [0.05, 0.1) is 0 Å². The predicted octanol–water partition coefficient (Wildman–Crippen LogP) is 3.17. The average Bonchev–Trinajstić information content (AvgIpc) is 2.55. The second kappa shape index (κ2) is 8.36. The Morgan fingerprint density at radius 1 is 1.17 bits per heavy atom. The topological polar surface area (TPSA) is 70.6 Å². The van der Waals surface area contributed by atoms with Crippen molar-refractivity contribution in [3.8, 4) is 5.75 Å². The van der Waals surface area contributed by atoms with Crippen molar-refractivity contribution in [1.29, 1.82) is 0 Å². The molecule has 0 saturated heterocycles. The van der Waals surface area contributed by atoms with Gasteiger partial charge >= 0.3 is 6.03 Å². The van der Waals surface area contributed by atoms with Crippen LogP contribution >= 0.6 is 0 Å². The molecular formula is C19H24N2O3. The summed E-state index contributed by atoms with van der Waals surface area (Å²) in [6, 6.07) is 13.0. The first-order valence-corrected chi connectivity index (χ1v) is 7.94. The maximum absolute atomic E-state index is 11.9. The number of benzene rings is 2. The molecule has 2 amide bonds. The molecule has 5 heteroatoms. The molecule has 0 spiro atoms. The van der Waals surface area contributed by atoms with Gasteiger partial charge in [-0.1, -0.05) is 24.3 Å². The van der Waals surface area contributed by atoms with Crippen LogP contribution in [0.2, 0.25) is 0 Å². The van der Waals surface area contributed by atoms with Crippen LogP contribution in [-0.4, -0.2) is 30.4 Å². The van der Waals surface area contributed by atoms with E-state index in [4.69, 9.17) is 4.74 Å². The van der Waals surface area contributed by atoms with E-state index in [1.54, 1.807) is 0 Å². The molecule has 0 radical (unpaired) electrons. The highest BCUT2D eigenvalue weighted by Gasteiger charge is 2.09. The Labute approximate surface area is 142 Å². The highest BCUT2D eigenvalue weighted by atomic mass is 16.5. The monoisotopic (exact) mass is 328 g/mol. The van der Waals surface area contributed by atoms with Crippen LogP contribution in [0, 0.1) is 20.8 Å². The molecule has 2 aromatic carbocycles. The quantitative estimate of drug-likeness (QED) is 0.763. The smallest absolute Gasteiger partial charge is 0.319 e. The lowest BCUT2D eigenvalue weighted by molar-refractivity contribution is 0.108. The van der Waals surface area contributed by atoms with E-state index in [2.05, 4.69) is 10.6 Å². The molecule has 0 aliphatic rings. The maximum Gasteiger partial charge on any atom is 0.319 e. The number of aliphatic hydroxyl groups is 1. The lowest BCUT2D eigenvalue weighted by Crippen LogP contribution is -2.37. The maximum atomic E-state index is 11.9. The minimum Gasteiger partial charge on any atom is -0.491 e. The number of amides is 2. The Hall–Kier alpha value is -2.53. The van der Waals surface area contributed by atoms with Gasteiger partial charge in [-0.15, -0.1) is 0 Å². The van der Waals surface area contributed by atoms with Crippen LogP contribution in [0.15, 0.2) is 42.5 Å². The molecule has 0 aliphatic heterocycles. The second-order valence-corrected chi connectivity index (χ2v) is 5.86. The minimum atomic E-state index is -0.783. The zero-order valence-corrected chi connectivity index (χ0v) is 14.3. The molecule has 2 rings (SSSR count). The molecule has 3 N–H and O–H groups in total. The molecule has 0 aliphatic carbocycles. The SMILES string of the molecule is Cc1cccc(OCC(O)CNC(=O)Nc2cccc(C)c2C)c1. The van der Waals surface area contributed by atoms with Crippen LogP contribution in [0.1, 0.15) is 16.7 Å². The molecule has 0 saturated carbocycles. The summed E-state index contributed by atoms with van der Waals surface area (Å²) in [5.41, 5.74) is 3.99. The van der Waals surface area contributed by atoms with Crippen LogP contribution in [0.4, 0.5) is 10.5 Å². The third-order valence-electron chi connectivity index (χ3n) is 3.78. The van der Waals surface area contributed by atoms with E-state index in [1.807, 2.05) is 63.2 Å². The molecule has 1 atom stereocenters. The molecule has 1 unspecified atom stereocenters. The lowest BCUT2D eigenvalue weighted by Gasteiger charge is -2.15. The van der Waals surface area contributed by atoms with E-state index >= 15 is 0 Å².